The van der Waals surface area contributed by atoms with E-state index in [0.717, 1.165) is 93.0 Å². The van der Waals surface area contributed by atoms with Gasteiger partial charge >= 0.3 is 0 Å². The molecule has 13 aromatic rings. The number of aromatic nitrogens is 6. The highest BCUT2D eigenvalue weighted by Crippen LogP contribution is 2.42. The number of hydrogen-bond acceptors (Lipinski definition) is 7. The average Bonchev–Trinajstić information content (AvgIpc) is 4.04. The Morgan fingerprint density at radius 3 is 1.86 bits per heavy atom. The highest BCUT2D eigenvalue weighted by molar-refractivity contribution is 7.26. The monoisotopic (exact) mass is 824 g/mol. The zero-order valence-electron chi connectivity index (χ0n) is 33.5. The van der Waals surface area contributed by atoms with E-state index in [-0.39, 0.29) is 0 Å². The number of thiophene rings is 1. The molecule has 7 nitrogen and oxygen atoms in total. The van der Waals surface area contributed by atoms with Crippen molar-refractivity contribution in [3.63, 3.8) is 0 Å². The van der Waals surface area contributed by atoms with Crippen molar-refractivity contribution in [1.29, 1.82) is 0 Å². The van der Waals surface area contributed by atoms with Gasteiger partial charge in [-0.2, -0.15) is 0 Å². The third-order valence-corrected chi connectivity index (χ3v) is 13.1. The second-order valence-corrected chi connectivity index (χ2v) is 16.6. The second kappa shape index (κ2) is 14.1. The van der Waals surface area contributed by atoms with Crippen molar-refractivity contribution >= 4 is 75.4 Å². The van der Waals surface area contributed by atoms with Gasteiger partial charge in [0.2, 0.25) is 0 Å². The molecule has 0 unspecified atom stereocenters. The third-order valence-electron chi connectivity index (χ3n) is 11.9. The zero-order valence-corrected chi connectivity index (χ0v) is 34.3. The van der Waals surface area contributed by atoms with E-state index in [2.05, 4.69) is 144 Å². The summed E-state index contributed by atoms with van der Waals surface area (Å²) in [6.45, 7) is 0. The van der Waals surface area contributed by atoms with Crippen LogP contribution in [0.1, 0.15) is 0 Å². The number of para-hydroxylation sites is 3. The molecule has 294 valence electrons. The second-order valence-electron chi connectivity index (χ2n) is 15.6. The van der Waals surface area contributed by atoms with Crippen LogP contribution in [-0.4, -0.2) is 29.5 Å². The molecule has 0 radical (unpaired) electrons. The van der Waals surface area contributed by atoms with Gasteiger partial charge in [0.1, 0.15) is 11.2 Å². The Hall–Kier alpha value is -8.33. The van der Waals surface area contributed by atoms with Crippen LogP contribution in [0.4, 0.5) is 0 Å². The maximum Gasteiger partial charge on any atom is 0.167 e. The minimum Gasteiger partial charge on any atom is -0.455 e. The molecule has 0 aliphatic carbocycles. The molecule has 0 bridgehead atoms. The number of benzene rings is 8. The lowest BCUT2D eigenvalue weighted by atomic mass is 10.0. The summed E-state index contributed by atoms with van der Waals surface area (Å²) in [5, 5.41) is 5.27. The molecule has 0 spiro atoms. The largest absolute Gasteiger partial charge is 0.455 e. The maximum atomic E-state index is 6.87. The lowest BCUT2D eigenvalue weighted by molar-refractivity contribution is 0.669. The molecule has 5 heterocycles. The van der Waals surface area contributed by atoms with Gasteiger partial charge in [0.25, 0.3) is 0 Å². The fourth-order valence-corrected chi connectivity index (χ4v) is 10.2. The number of rotatable bonds is 6. The van der Waals surface area contributed by atoms with Crippen LogP contribution in [0.25, 0.3) is 127 Å². The molecular formula is C55H32N6OS. The van der Waals surface area contributed by atoms with E-state index >= 15 is 0 Å². The average molecular weight is 825 g/mol. The van der Waals surface area contributed by atoms with Gasteiger partial charge in [0.15, 0.2) is 23.3 Å². The quantitative estimate of drug-likeness (QED) is 0.166. The molecule has 0 aliphatic heterocycles. The van der Waals surface area contributed by atoms with E-state index in [9.17, 15) is 0 Å². The molecule has 0 aliphatic rings. The Kier molecular flexibility index (Phi) is 7.94. The normalized spacial score (nSPS) is 11.8. The zero-order chi connectivity index (χ0) is 41.4. The molecule has 0 saturated carbocycles. The molecule has 0 amide bonds. The van der Waals surface area contributed by atoms with Gasteiger partial charge in [-0.25, -0.2) is 24.9 Å². The number of furan rings is 1. The highest BCUT2D eigenvalue weighted by atomic mass is 32.1. The van der Waals surface area contributed by atoms with Crippen LogP contribution in [0.2, 0.25) is 0 Å². The van der Waals surface area contributed by atoms with Gasteiger partial charge in [0, 0.05) is 59.6 Å². The van der Waals surface area contributed by atoms with Crippen LogP contribution in [0, 0.1) is 0 Å². The molecule has 5 aromatic heterocycles. The van der Waals surface area contributed by atoms with Gasteiger partial charge in [-0.15, -0.1) is 11.3 Å². The van der Waals surface area contributed by atoms with E-state index in [0.29, 0.717) is 28.9 Å². The maximum absolute atomic E-state index is 6.87. The summed E-state index contributed by atoms with van der Waals surface area (Å²) >= 11 is 1.73. The number of fused-ring (bicyclic) bond motifs is 9. The highest BCUT2D eigenvalue weighted by Gasteiger charge is 2.22. The topological polar surface area (TPSA) is 82.5 Å². The molecule has 0 fully saturated rings. The van der Waals surface area contributed by atoms with Crippen molar-refractivity contribution in [3.8, 4) is 62.5 Å². The summed E-state index contributed by atoms with van der Waals surface area (Å²) in [4.78, 5) is 26.1. The predicted molar refractivity (Wildman–Crippen MR) is 257 cm³/mol. The molecule has 13 rings (SSSR count). The van der Waals surface area contributed by atoms with E-state index in [4.69, 9.17) is 29.3 Å². The van der Waals surface area contributed by atoms with Crippen molar-refractivity contribution in [1.82, 2.24) is 29.5 Å². The first kappa shape index (κ1) is 35.4. The predicted octanol–water partition coefficient (Wildman–Crippen LogP) is 14.4. The number of hydrogen-bond donors (Lipinski definition) is 0. The third kappa shape index (κ3) is 5.69. The van der Waals surface area contributed by atoms with Gasteiger partial charge < -0.3 is 8.98 Å². The van der Waals surface area contributed by atoms with Crippen molar-refractivity contribution in [2.45, 2.75) is 0 Å². The molecule has 0 N–H and O–H groups in total. The Balaban J connectivity index is 1.00. The SMILES string of the molecule is c1ccc(-c2nc(-c3cccc4c3oc3cc(-c5nc(-c6ccccc6)c6sc7ccccc7c6n5)ccc34)nc(-c3cccc4c3c3ccccc3n4-c3ccccc3)n2)cc1. The van der Waals surface area contributed by atoms with E-state index < -0.39 is 0 Å². The van der Waals surface area contributed by atoms with E-state index in [1.165, 1.54) is 4.70 Å². The van der Waals surface area contributed by atoms with Crippen molar-refractivity contribution < 1.29 is 4.42 Å². The Bertz CT molecular complexity index is 3910. The molecule has 0 saturated heterocycles. The Morgan fingerprint density at radius 2 is 1.03 bits per heavy atom. The first-order chi connectivity index (χ1) is 31.2. The number of nitrogens with zero attached hydrogens (tertiary/aromatic N) is 6. The minimum atomic E-state index is 0.526. The van der Waals surface area contributed by atoms with Gasteiger partial charge in [-0.05, 0) is 48.5 Å². The standard InChI is InChI=1S/C55H32N6OS/c1-4-16-33(17-5-1)48-51-49(40-23-11-13-29-46(40)63-51)57-53(56-48)35-30-31-37-38-24-14-26-42(50(38)62-45(37)32-35)55-59-52(34-18-6-2-7-19-34)58-54(60-55)41-25-15-28-44-47(41)39-22-10-12-27-43(39)61(44)36-20-8-3-9-21-36/h1-32H. The Morgan fingerprint density at radius 1 is 0.413 bits per heavy atom. The van der Waals surface area contributed by atoms with E-state index in [1.54, 1.807) is 11.3 Å². The van der Waals surface area contributed by atoms with Crippen LogP contribution in [0.15, 0.2) is 199 Å². The van der Waals surface area contributed by atoms with Gasteiger partial charge in [-0.1, -0.05) is 146 Å². The first-order valence-electron chi connectivity index (χ1n) is 20.8. The van der Waals surface area contributed by atoms with Crippen molar-refractivity contribution in [3.05, 3.63) is 194 Å². The minimum absolute atomic E-state index is 0.526. The van der Waals surface area contributed by atoms with Crippen LogP contribution >= 0.6 is 11.3 Å². The fraction of sp³-hybridized carbons (Fsp3) is 0. The van der Waals surface area contributed by atoms with Crippen LogP contribution in [-0.2, 0) is 0 Å². The molecule has 0 atom stereocenters. The van der Waals surface area contributed by atoms with Crippen LogP contribution in [0.5, 0.6) is 0 Å². The smallest absolute Gasteiger partial charge is 0.167 e. The molecule has 8 heteroatoms. The molecular weight excluding hydrogens is 793 g/mol. The summed E-state index contributed by atoms with van der Waals surface area (Å²) in [5.41, 5.74) is 11.1. The van der Waals surface area contributed by atoms with E-state index in [1.807, 2.05) is 54.6 Å². The fourth-order valence-electron chi connectivity index (χ4n) is 9.02. The van der Waals surface area contributed by atoms with Crippen molar-refractivity contribution in [2.24, 2.45) is 0 Å². The molecule has 8 aromatic carbocycles. The summed E-state index contributed by atoms with van der Waals surface area (Å²) in [5.74, 6) is 2.33. The summed E-state index contributed by atoms with van der Waals surface area (Å²) in [6.07, 6.45) is 0. The van der Waals surface area contributed by atoms with Gasteiger partial charge in [0.05, 0.1) is 32.5 Å². The lowest BCUT2D eigenvalue weighted by Gasteiger charge is -2.10. The summed E-state index contributed by atoms with van der Waals surface area (Å²) in [6, 6.07) is 66.7. The first-order valence-corrected chi connectivity index (χ1v) is 21.7. The van der Waals surface area contributed by atoms with Crippen LogP contribution in [0.3, 0.4) is 0 Å². The van der Waals surface area contributed by atoms with Crippen molar-refractivity contribution in [2.75, 3.05) is 0 Å². The summed E-state index contributed by atoms with van der Waals surface area (Å²) in [7, 11) is 0. The lowest BCUT2D eigenvalue weighted by Crippen LogP contribution is -2.00. The summed E-state index contributed by atoms with van der Waals surface area (Å²) < 4.78 is 11.4. The van der Waals surface area contributed by atoms with Crippen LogP contribution < -0.4 is 0 Å². The molecule has 63 heavy (non-hydrogen) atoms. The van der Waals surface area contributed by atoms with Gasteiger partial charge in [-0.3, -0.25) is 0 Å². The Labute approximate surface area is 364 Å².